The summed E-state index contributed by atoms with van der Waals surface area (Å²) in [5, 5.41) is 12.0. The highest BCUT2D eigenvalue weighted by molar-refractivity contribution is 5.76. The molecule has 0 aliphatic heterocycles. The van der Waals surface area contributed by atoms with Gasteiger partial charge in [0.2, 0.25) is 5.91 Å². The summed E-state index contributed by atoms with van der Waals surface area (Å²) in [6.45, 7) is 1.76. The minimum absolute atomic E-state index is 0.00793. The molecule has 0 aromatic carbocycles. The molecule has 1 aliphatic rings. The summed E-state index contributed by atoms with van der Waals surface area (Å²) in [6, 6.07) is 3.59. The molecular formula is C20H24N4O4. The number of aliphatic carboxylic acids is 1. The average Bonchev–Trinajstić information content (AvgIpc) is 2.68. The second kappa shape index (κ2) is 8.77. The van der Waals surface area contributed by atoms with E-state index in [0.29, 0.717) is 49.2 Å². The normalized spacial score (nSPS) is 19.2. The van der Waals surface area contributed by atoms with Crippen molar-refractivity contribution >= 4 is 11.9 Å². The molecule has 0 radical (unpaired) electrons. The number of aryl methyl sites for hydroxylation is 1. The summed E-state index contributed by atoms with van der Waals surface area (Å²) >= 11 is 0. The van der Waals surface area contributed by atoms with Gasteiger partial charge in [-0.3, -0.25) is 19.4 Å². The number of amides is 1. The Morgan fingerprint density at radius 1 is 1.29 bits per heavy atom. The van der Waals surface area contributed by atoms with E-state index >= 15 is 0 Å². The third-order valence-corrected chi connectivity index (χ3v) is 5.20. The molecule has 8 nitrogen and oxygen atoms in total. The zero-order valence-corrected chi connectivity index (χ0v) is 15.8. The number of pyridine rings is 1. The van der Waals surface area contributed by atoms with Crippen LogP contribution in [0.25, 0.3) is 11.4 Å². The number of rotatable bonds is 6. The molecule has 2 heterocycles. The topological polar surface area (TPSA) is 125 Å². The number of carboxylic acid groups (broad SMARTS) is 1. The van der Waals surface area contributed by atoms with Crippen molar-refractivity contribution in [1.29, 1.82) is 0 Å². The highest BCUT2D eigenvalue weighted by Crippen LogP contribution is 2.24. The van der Waals surface area contributed by atoms with Gasteiger partial charge in [0.15, 0.2) is 0 Å². The maximum atomic E-state index is 12.4. The lowest BCUT2D eigenvalue weighted by Crippen LogP contribution is -2.39. The van der Waals surface area contributed by atoms with Gasteiger partial charge in [-0.25, -0.2) is 4.98 Å². The van der Waals surface area contributed by atoms with Crippen LogP contribution in [0.1, 0.15) is 43.4 Å². The molecule has 0 saturated heterocycles. The van der Waals surface area contributed by atoms with Gasteiger partial charge in [0.1, 0.15) is 5.82 Å². The van der Waals surface area contributed by atoms with Crippen LogP contribution >= 0.6 is 0 Å². The maximum absolute atomic E-state index is 12.4. The first-order chi connectivity index (χ1) is 13.4. The number of carboxylic acids is 1. The number of hydrogen-bond acceptors (Lipinski definition) is 5. The van der Waals surface area contributed by atoms with E-state index in [4.69, 9.17) is 5.11 Å². The Balaban J connectivity index is 1.57. The van der Waals surface area contributed by atoms with E-state index in [9.17, 15) is 14.4 Å². The van der Waals surface area contributed by atoms with Crippen molar-refractivity contribution in [2.45, 2.75) is 51.5 Å². The van der Waals surface area contributed by atoms with Crippen LogP contribution in [0.4, 0.5) is 0 Å². The summed E-state index contributed by atoms with van der Waals surface area (Å²) < 4.78 is 0. The van der Waals surface area contributed by atoms with Crippen molar-refractivity contribution in [2.75, 3.05) is 0 Å². The third kappa shape index (κ3) is 4.82. The quantitative estimate of drug-likeness (QED) is 0.698. The van der Waals surface area contributed by atoms with E-state index in [-0.39, 0.29) is 29.8 Å². The summed E-state index contributed by atoms with van der Waals surface area (Å²) in [6.07, 6.45) is 6.28. The smallest absolute Gasteiger partial charge is 0.306 e. The molecule has 0 spiro atoms. The highest BCUT2D eigenvalue weighted by Gasteiger charge is 2.26. The highest BCUT2D eigenvalue weighted by atomic mass is 16.4. The van der Waals surface area contributed by atoms with Gasteiger partial charge in [-0.2, -0.15) is 0 Å². The molecular weight excluding hydrogens is 360 g/mol. The molecule has 28 heavy (non-hydrogen) atoms. The van der Waals surface area contributed by atoms with Gasteiger partial charge >= 0.3 is 5.97 Å². The lowest BCUT2D eigenvalue weighted by Gasteiger charge is -2.26. The molecule has 8 heteroatoms. The molecule has 2 aromatic rings. The van der Waals surface area contributed by atoms with Gasteiger partial charge in [0.05, 0.1) is 5.92 Å². The van der Waals surface area contributed by atoms with E-state index in [0.717, 1.165) is 5.56 Å². The molecule has 0 atom stereocenters. The van der Waals surface area contributed by atoms with Gasteiger partial charge in [0.25, 0.3) is 5.56 Å². The second-order valence-corrected chi connectivity index (χ2v) is 7.17. The Morgan fingerprint density at radius 3 is 2.64 bits per heavy atom. The first kappa shape index (κ1) is 19.7. The lowest BCUT2D eigenvalue weighted by atomic mass is 9.86. The fraction of sp³-hybridized carbons (Fsp3) is 0.450. The molecule has 1 saturated carbocycles. The number of aromatic nitrogens is 3. The van der Waals surface area contributed by atoms with Gasteiger partial charge < -0.3 is 15.4 Å². The zero-order chi connectivity index (χ0) is 20.1. The number of aromatic amines is 1. The Kier molecular flexibility index (Phi) is 6.18. The van der Waals surface area contributed by atoms with Crippen molar-refractivity contribution in [3.8, 4) is 11.4 Å². The number of hydrogen-bond donors (Lipinski definition) is 3. The van der Waals surface area contributed by atoms with Crippen LogP contribution in [0.3, 0.4) is 0 Å². The Morgan fingerprint density at radius 2 is 2.04 bits per heavy atom. The van der Waals surface area contributed by atoms with Crippen LogP contribution in [-0.2, 0) is 16.0 Å². The van der Waals surface area contributed by atoms with Crippen LogP contribution in [0, 0.1) is 12.8 Å². The number of carbonyl (C=O) groups is 2. The summed E-state index contributed by atoms with van der Waals surface area (Å²) in [5.41, 5.74) is 1.57. The number of carbonyl (C=O) groups excluding carboxylic acids is 1. The first-order valence-electron chi connectivity index (χ1n) is 9.46. The minimum Gasteiger partial charge on any atom is -0.481 e. The molecule has 1 fully saturated rings. The van der Waals surface area contributed by atoms with Crippen molar-refractivity contribution in [2.24, 2.45) is 5.92 Å². The molecule has 2 aromatic heterocycles. The molecule has 1 amide bonds. The third-order valence-electron chi connectivity index (χ3n) is 5.20. The van der Waals surface area contributed by atoms with E-state index in [1.54, 1.807) is 25.4 Å². The largest absolute Gasteiger partial charge is 0.481 e. The predicted molar refractivity (Wildman–Crippen MR) is 103 cm³/mol. The van der Waals surface area contributed by atoms with Crippen LogP contribution in [0.15, 0.2) is 29.3 Å². The van der Waals surface area contributed by atoms with E-state index in [1.165, 1.54) is 0 Å². The van der Waals surface area contributed by atoms with Crippen LogP contribution < -0.4 is 10.9 Å². The minimum atomic E-state index is -0.762. The molecule has 148 valence electrons. The van der Waals surface area contributed by atoms with Gasteiger partial charge in [-0.1, -0.05) is 0 Å². The van der Waals surface area contributed by atoms with Crippen LogP contribution in [-0.4, -0.2) is 38.0 Å². The number of nitrogens with one attached hydrogen (secondary N) is 2. The van der Waals surface area contributed by atoms with Crippen molar-refractivity contribution in [3.63, 3.8) is 0 Å². The fourth-order valence-corrected chi connectivity index (χ4v) is 3.57. The summed E-state index contributed by atoms with van der Waals surface area (Å²) in [5.74, 6) is -0.742. The van der Waals surface area contributed by atoms with E-state index in [1.807, 2.05) is 6.07 Å². The van der Waals surface area contributed by atoms with Crippen molar-refractivity contribution in [1.82, 2.24) is 20.3 Å². The monoisotopic (exact) mass is 384 g/mol. The molecule has 0 unspecified atom stereocenters. The van der Waals surface area contributed by atoms with E-state index in [2.05, 4.69) is 20.3 Å². The molecule has 3 N–H and O–H groups in total. The SMILES string of the molecule is Cc1nc(-c2cccnc2)[nH]c(=O)c1CCC(=O)NC1CCC(C(=O)O)CC1. The number of H-pyrrole nitrogens is 1. The summed E-state index contributed by atoms with van der Waals surface area (Å²) in [4.78, 5) is 46.9. The molecule has 1 aliphatic carbocycles. The van der Waals surface area contributed by atoms with Gasteiger partial charge in [-0.05, 0) is 51.2 Å². The van der Waals surface area contributed by atoms with Crippen LogP contribution in [0.5, 0.6) is 0 Å². The second-order valence-electron chi connectivity index (χ2n) is 7.17. The van der Waals surface area contributed by atoms with Gasteiger partial charge in [0, 0.05) is 41.7 Å². The molecule has 3 rings (SSSR count). The van der Waals surface area contributed by atoms with Crippen molar-refractivity contribution in [3.05, 3.63) is 46.1 Å². The lowest BCUT2D eigenvalue weighted by molar-refractivity contribution is -0.142. The fourth-order valence-electron chi connectivity index (χ4n) is 3.57. The molecule has 0 bridgehead atoms. The Bertz CT molecular complexity index is 902. The predicted octanol–water partition coefficient (Wildman–Crippen LogP) is 1.83. The average molecular weight is 384 g/mol. The summed E-state index contributed by atoms with van der Waals surface area (Å²) in [7, 11) is 0. The van der Waals surface area contributed by atoms with Gasteiger partial charge in [-0.15, -0.1) is 0 Å². The van der Waals surface area contributed by atoms with Crippen LogP contribution in [0.2, 0.25) is 0 Å². The number of nitrogens with zero attached hydrogens (tertiary/aromatic N) is 2. The maximum Gasteiger partial charge on any atom is 0.306 e. The van der Waals surface area contributed by atoms with E-state index < -0.39 is 5.97 Å². The zero-order valence-electron chi connectivity index (χ0n) is 15.8. The Labute approximate surface area is 162 Å². The first-order valence-corrected chi connectivity index (χ1v) is 9.46. The standard InChI is InChI=1S/C20H24N4O4/c1-12-16(19(26)24-18(22-12)14-3-2-10-21-11-14)8-9-17(25)23-15-6-4-13(5-7-15)20(27)28/h2-3,10-11,13,15H,4-9H2,1H3,(H,23,25)(H,27,28)(H,22,24,26). The van der Waals surface area contributed by atoms with Crippen molar-refractivity contribution < 1.29 is 14.7 Å². The Hall–Kier alpha value is -3.03.